The molecule has 0 atom stereocenters. The molecular formula is C19H31NO3. The summed E-state index contributed by atoms with van der Waals surface area (Å²) in [4.78, 5) is 14.7. The fourth-order valence-electron chi connectivity index (χ4n) is 2.58. The van der Waals surface area contributed by atoms with Crippen LogP contribution in [0.1, 0.15) is 62.0 Å². The normalized spacial score (nSPS) is 11.1. The van der Waals surface area contributed by atoms with Gasteiger partial charge in [0.15, 0.2) is 0 Å². The van der Waals surface area contributed by atoms with Gasteiger partial charge in [-0.1, -0.05) is 39.8 Å². The van der Waals surface area contributed by atoms with Crippen LogP contribution in [0.3, 0.4) is 0 Å². The van der Waals surface area contributed by atoms with Crippen molar-refractivity contribution in [1.29, 1.82) is 0 Å². The van der Waals surface area contributed by atoms with E-state index in [1.807, 2.05) is 19.9 Å². The summed E-state index contributed by atoms with van der Waals surface area (Å²) in [5, 5.41) is 0. The van der Waals surface area contributed by atoms with E-state index >= 15 is 0 Å². The molecule has 0 amide bonds. The predicted molar refractivity (Wildman–Crippen MR) is 94.5 cm³/mol. The third-order valence-electron chi connectivity index (χ3n) is 4.05. The molecule has 0 spiro atoms. The first-order valence-electron chi connectivity index (χ1n) is 8.61. The maximum absolute atomic E-state index is 12.4. The SMILES string of the molecule is CCOC(=O)c1c(C)ccc(C(C)C)c1OCCN(CC)CC. The summed E-state index contributed by atoms with van der Waals surface area (Å²) in [6.45, 7) is 16.0. The molecular weight excluding hydrogens is 290 g/mol. The Hall–Kier alpha value is -1.55. The molecule has 1 aromatic carbocycles. The number of likely N-dealkylation sites (N-methyl/N-ethyl adjacent to an activating group) is 1. The van der Waals surface area contributed by atoms with Crippen molar-refractivity contribution in [3.05, 3.63) is 28.8 Å². The summed E-state index contributed by atoms with van der Waals surface area (Å²) in [5.74, 6) is 0.670. The topological polar surface area (TPSA) is 38.8 Å². The second-order valence-corrected chi connectivity index (χ2v) is 5.93. The number of rotatable bonds is 9. The molecule has 0 aliphatic carbocycles. The number of aryl methyl sites for hydroxylation is 1. The smallest absolute Gasteiger partial charge is 0.342 e. The molecule has 0 aliphatic heterocycles. The lowest BCUT2D eigenvalue weighted by atomic mass is 9.96. The number of benzene rings is 1. The van der Waals surface area contributed by atoms with Gasteiger partial charge in [0.05, 0.1) is 6.61 Å². The molecule has 1 rings (SSSR count). The Balaban J connectivity index is 3.09. The van der Waals surface area contributed by atoms with Gasteiger partial charge in [0.1, 0.15) is 17.9 Å². The number of nitrogens with zero attached hydrogens (tertiary/aromatic N) is 1. The fraction of sp³-hybridized carbons (Fsp3) is 0.632. The second-order valence-electron chi connectivity index (χ2n) is 5.93. The lowest BCUT2D eigenvalue weighted by molar-refractivity contribution is 0.0520. The molecule has 4 nitrogen and oxygen atoms in total. The first-order chi connectivity index (χ1) is 11.0. The van der Waals surface area contributed by atoms with E-state index in [4.69, 9.17) is 9.47 Å². The van der Waals surface area contributed by atoms with Gasteiger partial charge in [0, 0.05) is 6.54 Å². The van der Waals surface area contributed by atoms with E-state index in [1.165, 1.54) is 0 Å². The number of hydrogen-bond acceptors (Lipinski definition) is 4. The van der Waals surface area contributed by atoms with Gasteiger partial charge in [-0.15, -0.1) is 0 Å². The Labute approximate surface area is 140 Å². The molecule has 0 aromatic heterocycles. The van der Waals surface area contributed by atoms with Crippen molar-refractivity contribution in [2.45, 2.75) is 47.5 Å². The Morgan fingerprint density at radius 3 is 2.35 bits per heavy atom. The van der Waals surface area contributed by atoms with E-state index in [0.717, 1.165) is 30.8 Å². The van der Waals surface area contributed by atoms with Crippen molar-refractivity contribution in [3.63, 3.8) is 0 Å². The average molecular weight is 321 g/mol. The Bertz CT molecular complexity index is 508. The highest BCUT2D eigenvalue weighted by Crippen LogP contribution is 2.33. The van der Waals surface area contributed by atoms with Crippen LogP contribution < -0.4 is 4.74 Å². The van der Waals surface area contributed by atoms with Crippen molar-refractivity contribution < 1.29 is 14.3 Å². The summed E-state index contributed by atoms with van der Waals surface area (Å²) in [6, 6.07) is 4.02. The molecule has 130 valence electrons. The predicted octanol–water partition coefficient (Wildman–Crippen LogP) is 4.02. The number of carbonyl (C=O) groups is 1. The van der Waals surface area contributed by atoms with E-state index in [0.29, 0.717) is 24.5 Å². The minimum absolute atomic E-state index is 0.284. The summed E-state index contributed by atoms with van der Waals surface area (Å²) in [6.07, 6.45) is 0. The van der Waals surface area contributed by atoms with Gasteiger partial charge in [0.2, 0.25) is 0 Å². The van der Waals surface area contributed by atoms with Crippen molar-refractivity contribution in [2.24, 2.45) is 0 Å². The van der Waals surface area contributed by atoms with E-state index in [9.17, 15) is 4.79 Å². The summed E-state index contributed by atoms with van der Waals surface area (Å²) in [7, 11) is 0. The lowest BCUT2D eigenvalue weighted by Crippen LogP contribution is -2.28. The maximum Gasteiger partial charge on any atom is 0.342 e. The van der Waals surface area contributed by atoms with Crippen LogP contribution in [-0.2, 0) is 4.74 Å². The Morgan fingerprint density at radius 1 is 1.17 bits per heavy atom. The molecule has 0 saturated carbocycles. The third-order valence-corrected chi connectivity index (χ3v) is 4.05. The van der Waals surface area contributed by atoms with E-state index < -0.39 is 0 Å². The largest absolute Gasteiger partial charge is 0.491 e. The van der Waals surface area contributed by atoms with E-state index in [1.54, 1.807) is 0 Å². The van der Waals surface area contributed by atoms with Crippen LogP contribution in [0.5, 0.6) is 5.75 Å². The number of esters is 1. The van der Waals surface area contributed by atoms with Crippen LogP contribution in [-0.4, -0.2) is 43.7 Å². The Kier molecular flexibility index (Phi) is 8.10. The average Bonchev–Trinajstić information content (AvgIpc) is 2.51. The zero-order chi connectivity index (χ0) is 17.4. The molecule has 0 radical (unpaired) electrons. The quantitative estimate of drug-likeness (QED) is 0.644. The third kappa shape index (κ3) is 5.24. The van der Waals surface area contributed by atoms with Crippen LogP contribution in [0.4, 0.5) is 0 Å². The van der Waals surface area contributed by atoms with Gasteiger partial charge in [-0.2, -0.15) is 0 Å². The van der Waals surface area contributed by atoms with Gasteiger partial charge in [0.25, 0.3) is 0 Å². The van der Waals surface area contributed by atoms with Crippen molar-refractivity contribution >= 4 is 5.97 Å². The highest BCUT2D eigenvalue weighted by molar-refractivity contribution is 5.94. The van der Waals surface area contributed by atoms with E-state index in [2.05, 4.69) is 38.7 Å². The van der Waals surface area contributed by atoms with Gasteiger partial charge in [-0.05, 0) is 44.0 Å². The molecule has 0 fully saturated rings. The monoisotopic (exact) mass is 321 g/mol. The zero-order valence-corrected chi connectivity index (χ0v) is 15.4. The van der Waals surface area contributed by atoms with Crippen LogP contribution in [0.15, 0.2) is 12.1 Å². The minimum atomic E-state index is -0.301. The van der Waals surface area contributed by atoms with Crippen molar-refractivity contribution in [1.82, 2.24) is 4.90 Å². The summed E-state index contributed by atoms with van der Waals surface area (Å²) in [5.41, 5.74) is 2.52. The van der Waals surface area contributed by atoms with Gasteiger partial charge in [-0.25, -0.2) is 4.79 Å². The van der Waals surface area contributed by atoms with Crippen LogP contribution in [0.2, 0.25) is 0 Å². The molecule has 1 aromatic rings. The Morgan fingerprint density at radius 2 is 1.83 bits per heavy atom. The molecule has 4 heteroatoms. The first kappa shape index (κ1) is 19.5. The highest BCUT2D eigenvalue weighted by atomic mass is 16.5. The molecule has 0 N–H and O–H groups in total. The number of carbonyl (C=O) groups excluding carboxylic acids is 1. The highest BCUT2D eigenvalue weighted by Gasteiger charge is 2.22. The molecule has 0 heterocycles. The van der Waals surface area contributed by atoms with Crippen LogP contribution in [0, 0.1) is 6.92 Å². The molecule has 23 heavy (non-hydrogen) atoms. The maximum atomic E-state index is 12.4. The van der Waals surface area contributed by atoms with Crippen molar-refractivity contribution in [3.8, 4) is 5.75 Å². The summed E-state index contributed by atoms with van der Waals surface area (Å²) >= 11 is 0. The van der Waals surface area contributed by atoms with Crippen molar-refractivity contribution in [2.75, 3.05) is 32.8 Å². The second kappa shape index (κ2) is 9.56. The minimum Gasteiger partial charge on any atom is -0.491 e. The standard InChI is InChI=1S/C19H31NO3/c1-7-20(8-2)12-13-23-18-16(14(4)5)11-10-15(6)17(18)19(21)22-9-3/h10-11,14H,7-9,12-13H2,1-6H3. The van der Waals surface area contributed by atoms with Crippen LogP contribution in [0.25, 0.3) is 0 Å². The first-order valence-corrected chi connectivity index (χ1v) is 8.61. The lowest BCUT2D eigenvalue weighted by Gasteiger charge is -2.22. The number of hydrogen-bond donors (Lipinski definition) is 0. The van der Waals surface area contributed by atoms with E-state index in [-0.39, 0.29) is 11.9 Å². The fourth-order valence-corrected chi connectivity index (χ4v) is 2.58. The van der Waals surface area contributed by atoms with Gasteiger partial charge in [-0.3, -0.25) is 0 Å². The molecule has 0 unspecified atom stereocenters. The van der Waals surface area contributed by atoms with Gasteiger partial charge < -0.3 is 14.4 Å². The number of ether oxygens (including phenoxy) is 2. The molecule has 0 bridgehead atoms. The molecule has 0 aliphatic rings. The van der Waals surface area contributed by atoms with Crippen LogP contribution >= 0.6 is 0 Å². The zero-order valence-electron chi connectivity index (χ0n) is 15.4. The molecule has 0 saturated heterocycles. The summed E-state index contributed by atoms with van der Waals surface area (Å²) < 4.78 is 11.3. The van der Waals surface area contributed by atoms with Gasteiger partial charge >= 0.3 is 5.97 Å².